The number of nitrogens with one attached hydrogen (secondary N) is 1. The number of H-pyrrole nitrogens is 1. The smallest absolute Gasteiger partial charge is 0.178 e. The lowest BCUT2D eigenvalue weighted by Crippen LogP contribution is -2.12. The largest absolute Gasteiger partial charge is 0.494 e. The third kappa shape index (κ3) is 2.35. The van der Waals surface area contributed by atoms with E-state index in [1.54, 1.807) is 13.4 Å². The fraction of sp³-hybridized carbons (Fsp3) is 0.417. The van der Waals surface area contributed by atoms with Gasteiger partial charge in [0.15, 0.2) is 4.77 Å². The van der Waals surface area contributed by atoms with E-state index in [0.717, 1.165) is 16.8 Å². The summed E-state index contributed by atoms with van der Waals surface area (Å²) in [6, 6.07) is 5.89. The Morgan fingerprint density at radius 2 is 2.28 bits per heavy atom. The summed E-state index contributed by atoms with van der Waals surface area (Å²) in [7, 11) is 0.782. The molecule has 4 nitrogen and oxygen atoms in total. The number of nitrogens with zero attached hydrogens (tertiary/aromatic N) is 1. The Hall–Kier alpha value is -1.14. The van der Waals surface area contributed by atoms with E-state index in [1.165, 1.54) is 0 Å². The van der Waals surface area contributed by atoms with Crippen molar-refractivity contribution >= 4 is 34.1 Å². The maximum atomic E-state index is 11.3. The van der Waals surface area contributed by atoms with E-state index < -0.39 is 10.8 Å². The standard InChI is InChI=1S/C12H16N2O2S2/c1-8(7-18(3)15)14-9-5-4-6-10(16-2)11(9)13-12(14)17/h4-6,8H,7H2,1-3H3,(H,13,17). The van der Waals surface area contributed by atoms with E-state index in [-0.39, 0.29) is 6.04 Å². The van der Waals surface area contributed by atoms with Crippen LogP contribution in [0, 0.1) is 4.77 Å². The van der Waals surface area contributed by atoms with Crippen LogP contribution in [0.4, 0.5) is 0 Å². The number of benzene rings is 1. The Bertz CT molecular complexity index is 645. The number of hydrogen-bond acceptors (Lipinski definition) is 3. The van der Waals surface area contributed by atoms with Crippen LogP contribution < -0.4 is 4.74 Å². The Kier molecular flexibility index (Phi) is 3.87. The molecule has 0 saturated carbocycles. The highest BCUT2D eigenvalue weighted by Crippen LogP contribution is 2.27. The van der Waals surface area contributed by atoms with Crippen molar-refractivity contribution in [3.63, 3.8) is 0 Å². The van der Waals surface area contributed by atoms with Gasteiger partial charge in [-0.25, -0.2) is 0 Å². The van der Waals surface area contributed by atoms with Gasteiger partial charge in [0.25, 0.3) is 0 Å². The van der Waals surface area contributed by atoms with Gasteiger partial charge >= 0.3 is 0 Å². The molecule has 1 heterocycles. The molecule has 0 aliphatic carbocycles. The van der Waals surface area contributed by atoms with E-state index in [2.05, 4.69) is 4.98 Å². The average Bonchev–Trinajstić information content (AvgIpc) is 2.63. The fourth-order valence-corrected chi connectivity index (χ4v) is 3.35. The van der Waals surface area contributed by atoms with Gasteiger partial charge in [-0.15, -0.1) is 0 Å². The summed E-state index contributed by atoms with van der Waals surface area (Å²) in [6.45, 7) is 2.02. The second-order valence-corrected chi connectivity index (χ2v) is 6.11. The van der Waals surface area contributed by atoms with Crippen molar-refractivity contribution in [1.29, 1.82) is 0 Å². The molecule has 98 valence electrons. The normalized spacial score (nSPS) is 14.6. The van der Waals surface area contributed by atoms with Crippen LogP contribution in [0.3, 0.4) is 0 Å². The molecule has 18 heavy (non-hydrogen) atoms. The number of aromatic nitrogens is 2. The molecule has 0 saturated heterocycles. The molecular weight excluding hydrogens is 268 g/mol. The number of fused-ring (bicyclic) bond motifs is 1. The van der Waals surface area contributed by atoms with Crippen molar-refractivity contribution < 1.29 is 8.95 Å². The van der Waals surface area contributed by atoms with Gasteiger partial charge in [-0.2, -0.15) is 0 Å². The lowest BCUT2D eigenvalue weighted by Gasteiger charge is -2.13. The van der Waals surface area contributed by atoms with Gasteiger partial charge in [-0.1, -0.05) is 6.07 Å². The number of hydrogen-bond donors (Lipinski definition) is 1. The van der Waals surface area contributed by atoms with Crippen molar-refractivity contribution in [3.8, 4) is 5.75 Å². The molecule has 1 N–H and O–H groups in total. The van der Waals surface area contributed by atoms with E-state index in [9.17, 15) is 4.21 Å². The summed E-state index contributed by atoms with van der Waals surface area (Å²) >= 11 is 5.34. The minimum atomic E-state index is -0.851. The molecular formula is C12H16N2O2S2. The highest BCUT2D eigenvalue weighted by Gasteiger charge is 2.14. The molecule has 0 spiro atoms. The van der Waals surface area contributed by atoms with Crippen LogP contribution in [0.15, 0.2) is 18.2 Å². The van der Waals surface area contributed by atoms with Crippen LogP contribution in [0.1, 0.15) is 13.0 Å². The quantitative estimate of drug-likeness (QED) is 0.878. The minimum absolute atomic E-state index is 0.0872. The summed E-state index contributed by atoms with van der Waals surface area (Å²) in [5.41, 5.74) is 1.87. The van der Waals surface area contributed by atoms with Crippen LogP contribution >= 0.6 is 12.2 Å². The molecule has 6 heteroatoms. The fourth-order valence-electron chi connectivity index (χ4n) is 2.14. The SMILES string of the molecule is COc1cccc2c1[nH]c(=S)n2C(C)CS(C)=O. The topological polar surface area (TPSA) is 47.0 Å². The summed E-state index contributed by atoms with van der Waals surface area (Å²) in [5.74, 6) is 1.35. The van der Waals surface area contributed by atoms with Gasteiger partial charge in [0.2, 0.25) is 0 Å². The lowest BCUT2D eigenvalue weighted by atomic mass is 10.2. The Morgan fingerprint density at radius 1 is 1.56 bits per heavy atom. The number of methoxy groups -OCH3 is 1. The molecule has 2 rings (SSSR count). The zero-order valence-corrected chi connectivity index (χ0v) is 12.2. The van der Waals surface area contributed by atoms with Gasteiger partial charge in [0.1, 0.15) is 11.3 Å². The highest BCUT2D eigenvalue weighted by molar-refractivity contribution is 7.84. The molecule has 0 radical (unpaired) electrons. The van der Waals surface area contributed by atoms with Crippen LogP contribution in [0.2, 0.25) is 0 Å². The second kappa shape index (κ2) is 5.24. The third-order valence-electron chi connectivity index (χ3n) is 2.85. The molecule has 0 amide bonds. The van der Waals surface area contributed by atoms with Crippen LogP contribution in [-0.4, -0.2) is 32.9 Å². The van der Waals surface area contributed by atoms with Gasteiger partial charge in [-0.05, 0) is 31.3 Å². The molecule has 0 bridgehead atoms. The summed E-state index contributed by atoms with van der Waals surface area (Å²) < 4.78 is 19.3. The summed E-state index contributed by atoms with van der Waals surface area (Å²) in [5, 5.41) is 0. The molecule has 1 aromatic carbocycles. The van der Waals surface area contributed by atoms with Crippen molar-refractivity contribution in [2.24, 2.45) is 0 Å². The highest BCUT2D eigenvalue weighted by atomic mass is 32.2. The third-order valence-corrected chi connectivity index (χ3v) is 4.10. The molecule has 2 aromatic rings. The van der Waals surface area contributed by atoms with Crippen molar-refractivity contribution in [1.82, 2.24) is 9.55 Å². The molecule has 2 unspecified atom stereocenters. The van der Waals surface area contributed by atoms with E-state index in [4.69, 9.17) is 17.0 Å². The number of para-hydroxylation sites is 1. The van der Waals surface area contributed by atoms with Crippen molar-refractivity contribution in [3.05, 3.63) is 23.0 Å². The Labute approximate surface area is 113 Å². The van der Waals surface area contributed by atoms with Crippen LogP contribution in [-0.2, 0) is 10.8 Å². The predicted octanol–water partition coefficient (Wildman–Crippen LogP) is 2.65. The Morgan fingerprint density at radius 3 is 2.89 bits per heavy atom. The molecule has 1 aromatic heterocycles. The summed E-state index contributed by atoms with van der Waals surface area (Å²) in [4.78, 5) is 3.15. The van der Waals surface area contributed by atoms with E-state index >= 15 is 0 Å². The van der Waals surface area contributed by atoms with Gasteiger partial charge in [0, 0.05) is 28.9 Å². The zero-order valence-electron chi connectivity index (χ0n) is 10.6. The first-order valence-corrected chi connectivity index (χ1v) is 7.75. The predicted molar refractivity (Wildman–Crippen MR) is 77.3 cm³/mol. The number of aromatic amines is 1. The second-order valence-electron chi connectivity index (χ2n) is 4.24. The van der Waals surface area contributed by atoms with Crippen molar-refractivity contribution in [2.45, 2.75) is 13.0 Å². The molecule has 0 aliphatic rings. The van der Waals surface area contributed by atoms with E-state index in [0.29, 0.717) is 10.5 Å². The van der Waals surface area contributed by atoms with E-state index in [1.807, 2.05) is 29.7 Å². The molecule has 0 fully saturated rings. The first-order chi connectivity index (χ1) is 8.54. The average molecular weight is 284 g/mol. The monoisotopic (exact) mass is 284 g/mol. The molecule has 2 atom stereocenters. The van der Waals surface area contributed by atoms with Gasteiger partial charge in [0.05, 0.1) is 12.6 Å². The number of imidazole rings is 1. The van der Waals surface area contributed by atoms with Gasteiger partial charge < -0.3 is 14.3 Å². The lowest BCUT2D eigenvalue weighted by molar-refractivity contribution is 0.419. The first-order valence-electron chi connectivity index (χ1n) is 5.62. The molecule has 0 aliphatic heterocycles. The summed E-state index contributed by atoms with van der Waals surface area (Å²) in [6.07, 6.45) is 1.70. The minimum Gasteiger partial charge on any atom is -0.494 e. The number of rotatable bonds is 4. The van der Waals surface area contributed by atoms with Gasteiger partial charge in [-0.3, -0.25) is 4.21 Å². The first kappa shape index (κ1) is 13.3. The van der Waals surface area contributed by atoms with Crippen molar-refractivity contribution in [2.75, 3.05) is 19.1 Å². The zero-order chi connectivity index (χ0) is 13.3. The Balaban J connectivity index is 2.61. The maximum absolute atomic E-state index is 11.3. The maximum Gasteiger partial charge on any atom is 0.178 e. The number of ether oxygens (including phenoxy) is 1. The van der Waals surface area contributed by atoms with Crippen LogP contribution in [0.25, 0.3) is 11.0 Å². The van der Waals surface area contributed by atoms with Crippen LogP contribution in [0.5, 0.6) is 5.75 Å².